The van der Waals surface area contributed by atoms with Gasteiger partial charge in [-0.15, -0.1) is 0 Å². The van der Waals surface area contributed by atoms with Crippen molar-refractivity contribution >= 4 is 22.8 Å². The van der Waals surface area contributed by atoms with Crippen molar-refractivity contribution in [1.82, 2.24) is 9.96 Å². The maximum absolute atomic E-state index is 13.1. The fraction of sp³-hybridized carbons (Fsp3) is 0.800. The standard InChI is InChI=1S/C10H16FN3O5S/c11-8(9(15)16)19-14-6-1-2-7(20(18)4-3-12)13(5-6)10(14)17/h6-8H,1-5,12H2,(H,15,16)/t6-,7-,8+,20-/m1/s1. The van der Waals surface area contributed by atoms with Crippen LogP contribution in [0.2, 0.25) is 0 Å². The lowest BCUT2D eigenvalue weighted by molar-refractivity contribution is -0.223. The van der Waals surface area contributed by atoms with Gasteiger partial charge in [0.05, 0.1) is 6.04 Å². The van der Waals surface area contributed by atoms with Crippen LogP contribution in [0.15, 0.2) is 0 Å². The number of aliphatic carboxylic acids is 1. The molecule has 0 aromatic rings. The molecule has 114 valence electrons. The summed E-state index contributed by atoms with van der Waals surface area (Å²) in [4.78, 5) is 28.4. The number of nitrogens with zero attached hydrogens (tertiary/aromatic N) is 2. The van der Waals surface area contributed by atoms with E-state index in [0.29, 0.717) is 12.8 Å². The number of hydroxylamine groups is 2. The molecule has 2 aliphatic heterocycles. The number of amides is 2. The van der Waals surface area contributed by atoms with E-state index in [0.717, 1.165) is 5.06 Å². The average molecular weight is 309 g/mol. The van der Waals surface area contributed by atoms with Crippen molar-refractivity contribution in [3.05, 3.63) is 0 Å². The van der Waals surface area contributed by atoms with E-state index in [1.54, 1.807) is 0 Å². The topological polar surface area (TPSA) is 113 Å². The summed E-state index contributed by atoms with van der Waals surface area (Å²) < 4.78 is 25.1. The summed E-state index contributed by atoms with van der Waals surface area (Å²) in [6.45, 7) is 0.506. The van der Waals surface area contributed by atoms with E-state index in [9.17, 15) is 18.2 Å². The highest BCUT2D eigenvalue weighted by molar-refractivity contribution is 7.85. The molecule has 2 rings (SSSR count). The van der Waals surface area contributed by atoms with E-state index in [1.807, 2.05) is 0 Å². The van der Waals surface area contributed by atoms with Gasteiger partial charge >= 0.3 is 18.4 Å². The molecule has 0 aromatic carbocycles. The highest BCUT2D eigenvalue weighted by Gasteiger charge is 2.48. The molecule has 8 nitrogen and oxygen atoms in total. The van der Waals surface area contributed by atoms with Gasteiger partial charge in [-0.3, -0.25) is 4.21 Å². The number of carbonyl (C=O) groups excluding carboxylic acids is 1. The predicted molar refractivity (Wildman–Crippen MR) is 66.4 cm³/mol. The normalized spacial score (nSPS) is 28.6. The molecular formula is C10H16FN3O5S. The fourth-order valence-corrected chi connectivity index (χ4v) is 3.77. The van der Waals surface area contributed by atoms with Gasteiger partial charge in [0.1, 0.15) is 5.37 Å². The largest absolute Gasteiger partial charge is 0.477 e. The summed E-state index contributed by atoms with van der Waals surface area (Å²) in [6, 6.07) is -1.06. The molecule has 2 amide bonds. The number of carboxylic acids is 1. The molecule has 2 heterocycles. The summed E-state index contributed by atoms with van der Waals surface area (Å²) in [6.07, 6.45) is -1.62. The van der Waals surface area contributed by atoms with Crippen LogP contribution in [0.4, 0.5) is 9.18 Å². The van der Waals surface area contributed by atoms with Crippen LogP contribution in [-0.4, -0.2) is 67.9 Å². The van der Waals surface area contributed by atoms with Gasteiger partial charge in [-0.1, -0.05) is 0 Å². The Morgan fingerprint density at radius 2 is 2.30 bits per heavy atom. The number of rotatable bonds is 6. The average Bonchev–Trinajstić information content (AvgIpc) is 2.64. The van der Waals surface area contributed by atoms with Crippen LogP contribution in [0.1, 0.15) is 12.8 Å². The molecule has 2 saturated heterocycles. The van der Waals surface area contributed by atoms with Gasteiger partial charge < -0.3 is 15.7 Å². The minimum atomic E-state index is -2.59. The van der Waals surface area contributed by atoms with Crippen molar-refractivity contribution in [2.45, 2.75) is 30.6 Å². The monoisotopic (exact) mass is 309 g/mol. The predicted octanol–water partition coefficient (Wildman–Crippen LogP) is -0.768. The summed E-state index contributed by atoms with van der Waals surface area (Å²) in [5.74, 6) is -1.52. The number of halogens is 1. The number of hydrogen-bond acceptors (Lipinski definition) is 5. The Morgan fingerprint density at radius 3 is 2.90 bits per heavy atom. The minimum Gasteiger partial charge on any atom is -0.477 e. The Morgan fingerprint density at radius 1 is 1.60 bits per heavy atom. The molecule has 3 N–H and O–H groups in total. The van der Waals surface area contributed by atoms with Crippen LogP contribution in [-0.2, 0) is 20.4 Å². The molecule has 0 unspecified atom stereocenters. The molecule has 2 aliphatic rings. The first-order valence-corrected chi connectivity index (χ1v) is 7.54. The van der Waals surface area contributed by atoms with Crippen LogP contribution < -0.4 is 5.73 Å². The van der Waals surface area contributed by atoms with Crippen LogP contribution >= 0.6 is 0 Å². The quantitative estimate of drug-likeness (QED) is 0.666. The third-order valence-corrected chi connectivity index (χ3v) is 5.03. The van der Waals surface area contributed by atoms with Crippen LogP contribution in [0.3, 0.4) is 0 Å². The molecule has 0 aromatic heterocycles. The van der Waals surface area contributed by atoms with Gasteiger partial charge in [0.25, 0.3) is 0 Å². The van der Waals surface area contributed by atoms with E-state index in [1.165, 1.54) is 4.90 Å². The number of piperidine rings is 1. The Bertz CT molecular complexity index is 437. The third kappa shape index (κ3) is 2.76. The first-order valence-electron chi connectivity index (χ1n) is 6.16. The molecule has 0 saturated carbocycles. The maximum atomic E-state index is 13.1. The Kier molecular flexibility index (Phi) is 4.55. The molecule has 20 heavy (non-hydrogen) atoms. The van der Waals surface area contributed by atoms with E-state index < -0.39 is 40.6 Å². The molecule has 2 bridgehead atoms. The molecule has 0 aliphatic carbocycles. The van der Waals surface area contributed by atoms with Crippen molar-refractivity contribution < 1.29 is 28.1 Å². The number of nitrogens with two attached hydrogens (primary N) is 1. The number of carboxylic acid groups (broad SMARTS) is 1. The SMILES string of the molecule is NCC[S@@](=O)[C@@H]1CC[C@@H]2CN1C(=O)N2O[C@H](F)C(=O)O. The van der Waals surface area contributed by atoms with Gasteiger partial charge in [0, 0.05) is 29.6 Å². The Labute approximate surface area is 117 Å². The molecule has 0 radical (unpaired) electrons. The Balaban J connectivity index is 2.06. The highest BCUT2D eigenvalue weighted by Crippen LogP contribution is 2.32. The second-order valence-corrected chi connectivity index (χ2v) is 6.29. The van der Waals surface area contributed by atoms with Crippen molar-refractivity contribution in [3.8, 4) is 0 Å². The molecule has 2 fully saturated rings. The maximum Gasteiger partial charge on any atom is 0.368 e. The van der Waals surface area contributed by atoms with Gasteiger partial charge in [-0.25, -0.2) is 18.8 Å². The van der Waals surface area contributed by atoms with E-state index in [-0.39, 0.29) is 18.8 Å². The van der Waals surface area contributed by atoms with Gasteiger partial charge in [-0.05, 0) is 12.8 Å². The van der Waals surface area contributed by atoms with Crippen molar-refractivity contribution in [2.24, 2.45) is 5.73 Å². The zero-order valence-corrected chi connectivity index (χ0v) is 11.4. The smallest absolute Gasteiger partial charge is 0.368 e. The fourth-order valence-electron chi connectivity index (χ4n) is 2.40. The number of fused-ring (bicyclic) bond motifs is 2. The summed E-state index contributed by atoms with van der Waals surface area (Å²) >= 11 is 0. The number of alkyl halides is 1. The van der Waals surface area contributed by atoms with Gasteiger partial charge in [-0.2, -0.15) is 5.06 Å². The second-order valence-electron chi connectivity index (χ2n) is 4.58. The van der Waals surface area contributed by atoms with E-state index >= 15 is 0 Å². The zero-order valence-electron chi connectivity index (χ0n) is 10.6. The molecule has 0 spiro atoms. The number of hydrogen-bond donors (Lipinski definition) is 2. The lowest BCUT2D eigenvalue weighted by Crippen LogP contribution is -2.44. The van der Waals surface area contributed by atoms with Crippen molar-refractivity contribution in [1.29, 1.82) is 0 Å². The summed E-state index contributed by atoms with van der Waals surface area (Å²) in [7, 11) is -1.28. The summed E-state index contributed by atoms with van der Waals surface area (Å²) in [5, 5.41) is 8.74. The van der Waals surface area contributed by atoms with Crippen molar-refractivity contribution in [3.63, 3.8) is 0 Å². The first-order chi connectivity index (χ1) is 9.45. The highest BCUT2D eigenvalue weighted by atomic mass is 32.2. The lowest BCUT2D eigenvalue weighted by atomic mass is 10.1. The minimum absolute atomic E-state index is 0.250. The first kappa shape index (κ1) is 15.1. The zero-order chi connectivity index (χ0) is 14.9. The molecular weight excluding hydrogens is 293 g/mol. The second kappa shape index (κ2) is 6.02. The molecule has 4 atom stereocenters. The number of carbonyl (C=O) groups is 2. The van der Waals surface area contributed by atoms with E-state index in [4.69, 9.17) is 10.8 Å². The Hall–Kier alpha value is -1.26. The van der Waals surface area contributed by atoms with Crippen LogP contribution in [0, 0.1) is 0 Å². The van der Waals surface area contributed by atoms with Crippen molar-refractivity contribution in [2.75, 3.05) is 18.8 Å². The molecule has 10 heteroatoms. The van der Waals surface area contributed by atoms with Gasteiger partial charge in [0.2, 0.25) is 0 Å². The van der Waals surface area contributed by atoms with Crippen LogP contribution in [0.25, 0.3) is 0 Å². The van der Waals surface area contributed by atoms with Gasteiger partial charge in [0.15, 0.2) is 0 Å². The summed E-state index contributed by atoms with van der Waals surface area (Å²) in [5.41, 5.74) is 5.35. The lowest BCUT2D eigenvalue weighted by Gasteiger charge is -2.29. The van der Waals surface area contributed by atoms with E-state index in [2.05, 4.69) is 4.84 Å². The number of urea groups is 1. The van der Waals surface area contributed by atoms with Crippen LogP contribution in [0.5, 0.6) is 0 Å². The third-order valence-electron chi connectivity index (χ3n) is 3.29.